The molecule has 0 aliphatic carbocycles. The second-order valence-corrected chi connectivity index (χ2v) is 6.24. The van der Waals surface area contributed by atoms with E-state index in [1.165, 1.54) is 0 Å². The zero-order chi connectivity index (χ0) is 19.1. The van der Waals surface area contributed by atoms with Gasteiger partial charge in [0.15, 0.2) is 12.4 Å². The first kappa shape index (κ1) is 18.6. The van der Waals surface area contributed by atoms with Crippen molar-refractivity contribution < 1.29 is 18.8 Å². The first-order valence-corrected chi connectivity index (χ1v) is 9.07. The van der Waals surface area contributed by atoms with Crippen LogP contribution in [0.25, 0.3) is 22.2 Å². The molecule has 2 aromatic carbocycles. The lowest BCUT2D eigenvalue weighted by Crippen LogP contribution is -2.29. The summed E-state index contributed by atoms with van der Waals surface area (Å²) in [7, 11) is 0. The lowest BCUT2D eigenvalue weighted by Gasteiger charge is -2.06. The zero-order valence-electron chi connectivity index (χ0n) is 15.2. The second-order valence-electron chi connectivity index (χ2n) is 6.24. The summed E-state index contributed by atoms with van der Waals surface area (Å²) < 4.78 is 10.5. The summed E-state index contributed by atoms with van der Waals surface area (Å²) >= 11 is 0. The molecule has 0 atom stereocenters. The van der Waals surface area contributed by atoms with Crippen LogP contribution in [0.5, 0.6) is 0 Å². The van der Waals surface area contributed by atoms with Crippen LogP contribution >= 0.6 is 0 Å². The molecule has 3 aromatic rings. The highest BCUT2D eigenvalue weighted by Crippen LogP contribution is 2.29. The number of ether oxygens (including phenoxy) is 1. The number of nitrogens with one attached hydrogen (secondary N) is 1. The molecule has 0 bridgehead atoms. The highest BCUT2D eigenvalue weighted by molar-refractivity contribution is 5.99. The molecule has 1 amide bonds. The third kappa shape index (κ3) is 4.73. The van der Waals surface area contributed by atoms with Gasteiger partial charge in [-0.25, -0.2) is 4.79 Å². The number of benzene rings is 2. The third-order valence-corrected chi connectivity index (χ3v) is 4.18. The molecule has 0 aliphatic heterocycles. The Balaban J connectivity index is 1.66. The number of carbonyl (C=O) groups is 2. The van der Waals surface area contributed by atoms with Crippen molar-refractivity contribution in [2.75, 3.05) is 13.2 Å². The molecule has 27 heavy (non-hydrogen) atoms. The van der Waals surface area contributed by atoms with E-state index in [1.54, 1.807) is 18.2 Å². The van der Waals surface area contributed by atoms with Crippen molar-refractivity contribution in [2.45, 2.75) is 26.2 Å². The molecule has 6 nitrogen and oxygen atoms in total. The van der Waals surface area contributed by atoms with Gasteiger partial charge in [-0.05, 0) is 24.6 Å². The minimum atomic E-state index is -0.555. The van der Waals surface area contributed by atoms with E-state index in [0.29, 0.717) is 23.4 Å². The van der Waals surface area contributed by atoms with Crippen LogP contribution in [0.4, 0.5) is 0 Å². The van der Waals surface area contributed by atoms with Crippen LogP contribution in [0.3, 0.4) is 0 Å². The van der Waals surface area contributed by atoms with Gasteiger partial charge in [-0.15, -0.1) is 0 Å². The Labute approximate surface area is 157 Å². The molecule has 1 heterocycles. The Morgan fingerprint density at radius 3 is 2.70 bits per heavy atom. The van der Waals surface area contributed by atoms with E-state index in [-0.39, 0.29) is 12.5 Å². The summed E-state index contributed by atoms with van der Waals surface area (Å²) in [5.41, 5.74) is 1.87. The molecule has 0 aliphatic rings. The lowest BCUT2D eigenvalue weighted by atomic mass is 10.1. The van der Waals surface area contributed by atoms with Gasteiger partial charge in [-0.3, -0.25) is 4.79 Å². The van der Waals surface area contributed by atoms with E-state index in [1.807, 2.05) is 30.3 Å². The highest BCUT2D eigenvalue weighted by Gasteiger charge is 2.15. The summed E-state index contributed by atoms with van der Waals surface area (Å²) in [6, 6.07) is 14.5. The van der Waals surface area contributed by atoms with E-state index in [2.05, 4.69) is 17.4 Å². The van der Waals surface area contributed by atoms with Gasteiger partial charge in [0.1, 0.15) is 5.52 Å². The first-order chi connectivity index (χ1) is 13.2. The second kappa shape index (κ2) is 8.98. The van der Waals surface area contributed by atoms with Crippen LogP contribution in [0.1, 0.15) is 36.5 Å². The number of nitrogens with zero attached hydrogens (tertiary/aromatic N) is 1. The summed E-state index contributed by atoms with van der Waals surface area (Å²) in [4.78, 5) is 24.0. The number of aromatic nitrogens is 1. The van der Waals surface area contributed by atoms with Crippen LogP contribution in [-0.2, 0) is 9.53 Å². The van der Waals surface area contributed by atoms with E-state index >= 15 is 0 Å². The molecule has 1 N–H and O–H groups in total. The standard InChI is InChI=1S/C21H22N2O4/c1-2-3-7-12-22-19(24)14-26-21(25)16-10-11-18-17(13-16)20(27-23-18)15-8-5-4-6-9-15/h4-6,8-11,13H,2-3,7,12,14H2,1H3,(H,22,24). The fourth-order valence-electron chi connectivity index (χ4n) is 2.73. The Morgan fingerprint density at radius 1 is 1.11 bits per heavy atom. The number of carbonyl (C=O) groups excluding carboxylic acids is 2. The SMILES string of the molecule is CCCCCNC(=O)COC(=O)c1ccc2noc(-c3ccccc3)c2c1. The van der Waals surface area contributed by atoms with Crippen LogP contribution in [0.15, 0.2) is 53.1 Å². The summed E-state index contributed by atoms with van der Waals surface area (Å²) in [5.74, 6) is -0.259. The molecule has 0 saturated carbocycles. The van der Waals surface area contributed by atoms with Gasteiger partial charge in [0, 0.05) is 12.1 Å². The largest absolute Gasteiger partial charge is 0.452 e. The molecule has 0 fully saturated rings. The van der Waals surface area contributed by atoms with Crippen molar-refractivity contribution in [3.05, 3.63) is 54.1 Å². The molecular weight excluding hydrogens is 344 g/mol. The van der Waals surface area contributed by atoms with Crippen molar-refractivity contribution in [1.29, 1.82) is 0 Å². The Kier molecular flexibility index (Phi) is 6.20. The van der Waals surface area contributed by atoms with Crippen molar-refractivity contribution >= 4 is 22.8 Å². The van der Waals surface area contributed by atoms with Gasteiger partial charge in [0.2, 0.25) is 0 Å². The monoisotopic (exact) mass is 366 g/mol. The first-order valence-electron chi connectivity index (χ1n) is 9.07. The van der Waals surface area contributed by atoms with E-state index in [4.69, 9.17) is 9.26 Å². The van der Waals surface area contributed by atoms with Gasteiger partial charge in [0.05, 0.1) is 10.9 Å². The highest BCUT2D eigenvalue weighted by atomic mass is 16.5. The zero-order valence-corrected chi connectivity index (χ0v) is 15.2. The predicted octanol–water partition coefficient (Wildman–Crippen LogP) is 3.96. The molecule has 0 radical (unpaired) electrons. The summed E-state index contributed by atoms with van der Waals surface area (Å²) in [5, 5.41) is 7.49. The van der Waals surface area contributed by atoms with Gasteiger partial charge < -0.3 is 14.6 Å². The third-order valence-electron chi connectivity index (χ3n) is 4.18. The van der Waals surface area contributed by atoms with Crippen LogP contribution < -0.4 is 5.32 Å². The summed E-state index contributed by atoms with van der Waals surface area (Å²) in [6.45, 7) is 2.40. The molecule has 3 rings (SSSR count). The lowest BCUT2D eigenvalue weighted by molar-refractivity contribution is -0.124. The Hall–Kier alpha value is -3.15. The maximum atomic E-state index is 12.3. The average molecular weight is 366 g/mol. The van der Waals surface area contributed by atoms with Crippen LogP contribution in [0, 0.1) is 0 Å². The minimum Gasteiger partial charge on any atom is -0.452 e. The van der Waals surface area contributed by atoms with Crippen LogP contribution in [-0.4, -0.2) is 30.2 Å². The molecular formula is C21H22N2O4. The maximum Gasteiger partial charge on any atom is 0.338 e. The number of hydrogen-bond donors (Lipinski definition) is 1. The van der Waals surface area contributed by atoms with Gasteiger partial charge in [0.25, 0.3) is 5.91 Å². The van der Waals surface area contributed by atoms with Crippen molar-refractivity contribution in [2.24, 2.45) is 0 Å². The summed E-state index contributed by atoms with van der Waals surface area (Å²) in [6.07, 6.45) is 3.06. The number of fused-ring (bicyclic) bond motifs is 1. The fraction of sp³-hybridized carbons (Fsp3) is 0.286. The van der Waals surface area contributed by atoms with Crippen molar-refractivity contribution in [3.63, 3.8) is 0 Å². The van der Waals surface area contributed by atoms with Gasteiger partial charge in [-0.1, -0.05) is 55.3 Å². The molecule has 0 saturated heterocycles. The number of amides is 1. The molecule has 140 valence electrons. The van der Waals surface area contributed by atoms with Crippen molar-refractivity contribution in [1.82, 2.24) is 10.5 Å². The predicted molar refractivity (Wildman–Crippen MR) is 102 cm³/mol. The normalized spacial score (nSPS) is 10.7. The maximum absolute atomic E-state index is 12.3. The number of unbranched alkanes of at least 4 members (excludes halogenated alkanes) is 2. The molecule has 0 unspecified atom stereocenters. The average Bonchev–Trinajstić information content (AvgIpc) is 3.13. The van der Waals surface area contributed by atoms with Gasteiger partial charge in [-0.2, -0.15) is 0 Å². The Bertz CT molecular complexity index is 918. The number of esters is 1. The topological polar surface area (TPSA) is 81.4 Å². The van der Waals surface area contributed by atoms with Crippen molar-refractivity contribution in [3.8, 4) is 11.3 Å². The minimum absolute atomic E-state index is 0.293. The molecule has 0 spiro atoms. The van der Waals surface area contributed by atoms with E-state index < -0.39 is 5.97 Å². The number of rotatable bonds is 8. The number of hydrogen-bond acceptors (Lipinski definition) is 5. The molecule has 6 heteroatoms. The Morgan fingerprint density at radius 2 is 1.93 bits per heavy atom. The van der Waals surface area contributed by atoms with E-state index in [9.17, 15) is 9.59 Å². The quantitative estimate of drug-likeness (QED) is 0.482. The smallest absolute Gasteiger partial charge is 0.338 e. The van der Waals surface area contributed by atoms with Gasteiger partial charge >= 0.3 is 5.97 Å². The fourth-order valence-corrected chi connectivity index (χ4v) is 2.73. The molecule has 1 aromatic heterocycles. The van der Waals surface area contributed by atoms with E-state index in [0.717, 1.165) is 30.2 Å². The van der Waals surface area contributed by atoms with Crippen LogP contribution in [0.2, 0.25) is 0 Å².